The molecule has 1 heterocycles. The molecule has 0 saturated heterocycles. The lowest BCUT2D eigenvalue weighted by molar-refractivity contribution is -0.310. The molecule has 1 aromatic heterocycles. The SMILES string of the molecule is Cc1ccc2[nH+]c3ccccc3cc2c1-c1ccccc1.[Cl-]. The standard InChI is InChI=1S/C20H15N.ClH/c1-14-11-12-19-17(20(14)15-7-3-2-4-8-15)13-16-9-5-6-10-18(16)21-19;/h2-13H,1H3;1H. The van der Waals surface area contributed by atoms with Crippen LogP contribution < -0.4 is 17.4 Å². The van der Waals surface area contributed by atoms with Crippen molar-refractivity contribution in [2.75, 3.05) is 0 Å². The largest absolute Gasteiger partial charge is 1.00 e. The van der Waals surface area contributed by atoms with Crippen LogP contribution in [0.1, 0.15) is 5.56 Å². The number of hydrogen-bond donors (Lipinski definition) is 0. The number of H-pyrrole nitrogens is 1. The first kappa shape index (κ1) is 14.6. The van der Waals surface area contributed by atoms with Crippen LogP contribution in [0.25, 0.3) is 32.9 Å². The highest BCUT2D eigenvalue weighted by Gasteiger charge is 2.12. The Morgan fingerprint density at radius 3 is 2.27 bits per heavy atom. The number of para-hydroxylation sites is 1. The highest BCUT2D eigenvalue weighted by atomic mass is 35.5. The van der Waals surface area contributed by atoms with E-state index >= 15 is 0 Å². The van der Waals surface area contributed by atoms with Crippen LogP contribution in [-0.4, -0.2) is 0 Å². The molecular formula is C20H16ClN. The molecule has 4 rings (SSSR count). The van der Waals surface area contributed by atoms with E-state index in [1.807, 2.05) is 0 Å². The molecule has 1 nitrogen and oxygen atoms in total. The lowest BCUT2D eigenvalue weighted by Gasteiger charge is -2.08. The maximum absolute atomic E-state index is 3.55. The molecule has 22 heavy (non-hydrogen) atoms. The minimum Gasteiger partial charge on any atom is -1.00 e. The number of aryl methyl sites for hydroxylation is 1. The van der Waals surface area contributed by atoms with Crippen LogP contribution in [0.2, 0.25) is 0 Å². The third kappa shape index (κ3) is 2.34. The molecule has 0 amide bonds. The summed E-state index contributed by atoms with van der Waals surface area (Å²) in [5, 5.41) is 2.52. The third-order valence-corrected chi connectivity index (χ3v) is 4.05. The van der Waals surface area contributed by atoms with E-state index in [9.17, 15) is 0 Å². The maximum Gasteiger partial charge on any atom is 0.211 e. The lowest BCUT2D eigenvalue weighted by Crippen LogP contribution is -3.00. The number of aromatic amines is 1. The molecule has 0 saturated carbocycles. The number of nitrogens with one attached hydrogen (secondary N) is 1. The van der Waals surface area contributed by atoms with Crippen molar-refractivity contribution in [3.63, 3.8) is 0 Å². The fourth-order valence-electron chi connectivity index (χ4n) is 3.01. The summed E-state index contributed by atoms with van der Waals surface area (Å²) >= 11 is 0. The molecule has 4 aromatic rings. The number of halogens is 1. The number of rotatable bonds is 1. The second kappa shape index (κ2) is 5.78. The van der Waals surface area contributed by atoms with Crippen molar-refractivity contribution in [3.8, 4) is 11.1 Å². The van der Waals surface area contributed by atoms with E-state index in [1.54, 1.807) is 0 Å². The van der Waals surface area contributed by atoms with Gasteiger partial charge in [0.15, 0.2) is 0 Å². The molecule has 2 heteroatoms. The first-order valence-corrected chi connectivity index (χ1v) is 7.23. The van der Waals surface area contributed by atoms with Crippen molar-refractivity contribution in [1.29, 1.82) is 0 Å². The van der Waals surface area contributed by atoms with Gasteiger partial charge in [-0.15, -0.1) is 0 Å². The van der Waals surface area contributed by atoms with Gasteiger partial charge in [-0.25, -0.2) is 4.98 Å². The smallest absolute Gasteiger partial charge is 0.211 e. The average molecular weight is 306 g/mol. The van der Waals surface area contributed by atoms with Gasteiger partial charge in [0.25, 0.3) is 0 Å². The molecule has 0 fully saturated rings. The van der Waals surface area contributed by atoms with Crippen molar-refractivity contribution in [3.05, 3.63) is 78.4 Å². The van der Waals surface area contributed by atoms with Gasteiger partial charge in [-0.2, -0.15) is 0 Å². The molecule has 0 radical (unpaired) electrons. The van der Waals surface area contributed by atoms with E-state index in [1.165, 1.54) is 38.5 Å². The zero-order valence-corrected chi connectivity index (χ0v) is 13.1. The summed E-state index contributed by atoms with van der Waals surface area (Å²) in [6.45, 7) is 2.18. The predicted octanol–water partition coefficient (Wildman–Crippen LogP) is 1.79. The van der Waals surface area contributed by atoms with E-state index in [-0.39, 0.29) is 12.4 Å². The van der Waals surface area contributed by atoms with Crippen LogP contribution in [0, 0.1) is 6.92 Å². The fourth-order valence-corrected chi connectivity index (χ4v) is 3.01. The summed E-state index contributed by atoms with van der Waals surface area (Å²) in [7, 11) is 0. The summed E-state index contributed by atoms with van der Waals surface area (Å²) in [6, 6.07) is 25.7. The summed E-state index contributed by atoms with van der Waals surface area (Å²) in [6.07, 6.45) is 0. The van der Waals surface area contributed by atoms with Gasteiger partial charge in [0.2, 0.25) is 11.0 Å². The third-order valence-electron chi connectivity index (χ3n) is 4.05. The monoisotopic (exact) mass is 305 g/mol. The lowest BCUT2D eigenvalue weighted by atomic mass is 9.95. The van der Waals surface area contributed by atoms with E-state index in [0.717, 1.165) is 0 Å². The van der Waals surface area contributed by atoms with Gasteiger partial charge in [0, 0.05) is 17.5 Å². The fraction of sp³-hybridized carbons (Fsp3) is 0.0500. The molecule has 0 spiro atoms. The molecule has 0 unspecified atom stereocenters. The van der Waals surface area contributed by atoms with Crippen molar-refractivity contribution in [2.45, 2.75) is 6.92 Å². The van der Waals surface area contributed by atoms with E-state index in [4.69, 9.17) is 0 Å². The predicted molar refractivity (Wildman–Crippen MR) is 88.2 cm³/mol. The number of hydrogen-bond acceptors (Lipinski definition) is 0. The maximum atomic E-state index is 3.55. The van der Waals surface area contributed by atoms with Gasteiger partial charge in [-0.05, 0) is 35.7 Å². The van der Waals surface area contributed by atoms with E-state index < -0.39 is 0 Å². The topological polar surface area (TPSA) is 14.1 Å². The normalized spacial score (nSPS) is 10.6. The summed E-state index contributed by atoms with van der Waals surface area (Å²) in [5.74, 6) is 0. The summed E-state index contributed by atoms with van der Waals surface area (Å²) < 4.78 is 0. The zero-order chi connectivity index (χ0) is 14.2. The molecule has 0 aliphatic rings. The first-order chi connectivity index (χ1) is 10.3. The zero-order valence-electron chi connectivity index (χ0n) is 12.3. The van der Waals surface area contributed by atoms with Crippen LogP contribution in [-0.2, 0) is 0 Å². The molecule has 0 aliphatic heterocycles. The van der Waals surface area contributed by atoms with Gasteiger partial charge in [0.05, 0.1) is 5.39 Å². The van der Waals surface area contributed by atoms with Gasteiger partial charge < -0.3 is 12.4 Å². The second-order valence-electron chi connectivity index (χ2n) is 5.44. The van der Waals surface area contributed by atoms with Gasteiger partial charge in [0.1, 0.15) is 0 Å². The minimum absolute atomic E-state index is 0. The van der Waals surface area contributed by atoms with Crippen LogP contribution >= 0.6 is 0 Å². The molecule has 108 valence electrons. The van der Waals surface area contributed by atoms with Crippen LogP contribution in [0.5, 0.6) is 0 Å². The quantitative estimate of drug-likeness (QED) is 0.476. The molecule has 3 aromatic carbocycles. The van der Waals surface area contributed by atoms with Gasteiger partial charge in [-0.1, -0.05) is 48.5 Å². The van der Waals surface area contributed by atoms with Crippen LogP contribution in [0.3, 0.4) is 0 Å². The average Bonchev–Trinajstić information content (AvgIpc) is 2.54. The Balaban J connectivity index is 0.00000144. The summed E-state index contributed by atoms with van der Waals surface area (Å²) in [5.41, 5.74) is 6.24. The summed E-state index contributed by atoms with van der Waals surface area (Å²) in [4.78, 5) is 3.55. The highest BCUT2D eigenvalue weighted by molar-refractivity contribution is 5.99. The van der Waals surface area contributed by atoms with E-state index in [2.05, 4.69) is 84.7 Å². The first-order valence-electron chi connectivity index (χ1n) is 7.23. The number of benzene rings is 3. The Morgan fingerprint density at radius 2 is 1.45 bits per heavy atom. The van der Waals surface area contributed by atoms with E-state index in [0.29, 0.717) is 0 Å². The van der Waals surface area contributed by atoms with Crippen molar-refractivity contribution >= 4 is 21.8 Å². The second-order valence-corrected chi connectivity index (χ2v) is 5.44. The Hall–Kier alpha value is -2.38. The molecule has 1 N–H and O–H groups in total. The number of fused-ring (bicyclic) bond motifs is 2. The molecule has 0 atom stereocenters. The van der Waals surface area contributed by atoms with Crippen molar-refractivity contribution < 1.29 is 17.4 Å². The Bertz CT molecular complexity index is 946. The highest BCUT2D eigenvalue weighted by Crippen LogP contribution is 2.31. The number of pyridine rings is 1. The Kier molecular flexibility index (Phi) is 3.82. The van der Waals surface area contributed by atoms with Crippen molar-refractivity contribution in [1.82, 2.24) is 0 Å². The molecule has 0 aliphatic carbocycles. The van der Waals surface area contributed by atoms with Gasteiger partial charge >= 0.3 is 0 Å². The Labute approximate surface area is 136 Å². The van der Waals surface area contributed by atoms with Crippen molar-refractivity contribution in [2.24, 2.45) is 0 Å². The molecule has 0 bridgehead atoms. The number of aromatic nitrogens is 1. The minimum atomic E-state index is 0. The molecular weight excluding hydrogens is 290 g/mol. The van der Waals surface area contributed by atoms with Crippen LogP contribution in [0.15, 0.2) is 72.8 Å². The van der Waals surface area contributed by atoms with Crippen LogP contribution in [0.4, 0.5) is 0 Å². The Morgan fingerprint density at radius 1 is 0.727 bits per heavy atom. The van der Waals surface area contributed by atoms with Gasteiger partial charge in [-0.3, -0.25) is 0 Å².